The fourth-order valence-corrected chi connectivity index (χ4v) is 3.01. The lowest BCUT2D eigenvalue weighted by molar-refractivity contribution is 0.0938. The molecule has 0 unspecified atom stereocenters. The van der Waals surface area contributed by atoms with Gasteiger partial charge in [0, 0.05) is 18.9 Å². The number of ether oxygens (including phenoxy) is 1. The van der Waals surface area contributed by atoms with Crippen molar-refractivity contribution in [3.8, 4) is 0 Å². The van der Waals surface area contributed by atoms with Crippen LogP contribution >= 0.6 is 0 Å². The molecule has 0 saturated heterocycles. The summed E-state index contributed by atoms with van der Waals surface area (Å²) in [5.74, 6) is -0.258. The van der Waals surface area contributed by atoms with Crippen LogP contribution < -0.4 is 5.73 Å². The number of anilines is 1. The van der Waals surface area contributed by atoms with Gasteiger partial charge in [-0.3, -0.25) is 9.78 Å². The van der Waals surface area contributed by atoms with Crippen LogP contribution in [-0.2, 0) is 17.7 Å². The fraction of sp³-hybridized carbons (Fsp3) is 0.412. The molecular weight excluding hydrogens is 322 g/mol. The van der Waals surface area contributed by atoms with E-state index in [1.165, 1.54) is 4.68 Å². The van der Waals surface area contributed by atoms with Gasteiger partial charge in [0.05, 0.1) is 35.8 Å². The summed E-state index contributed by atoms with van der Waals surface area (Å²) in [5.41, 5.74) is 9.91. The molecule has 0 spiro atoms. The maximum atomic E-state index is 12.9. The zero-order valence-electron chi connectivity index (χ0n) is 14.6. The van der Waals surface area contributed by atoms with Crippen molar-refractivity contribution in [3.63, 3.8) is 0 Å². The molecule has 3 rings (SSSR count). The molecule has 0 saturated carbocycles. The van der Waals surface area contributed by atoms with E-state index in [1.807, 2.05) is 0 Å². The van der Waals surface area contributed by atoms with Gasteiger partial charge in [0.1, 0.15) is 0 Å². The van der Waals surface area contributed by atoms with Crippen LogP contribution in [0, 0.1) is 13.8 Å². The van der Waals surface area contributed by atoms with E-state index in [2.05, 4.69) is 10.1 Å². The molecule has 8 heteroatoms. The van der Waals surface area contributed by atoms with Crippen molar-refractivity contribution in [1.82, 2.24) is 19.7 Å². The number of nitrogen functional groups attached to an aromatic ring is 1. The lowest BCUT2D eigenvalue weighted by Crippen LogP contribution is -2.37. The van der Waals surface area contributed by atoms with Crippen molar-refractivity contribution in [2.45, 2.75) is 33.7 Å². The highest BCUT2D eigenvalue weighted by atomic mass is 16.6. The standard InChI is InChI=1S/C17H21N5O3/c1-4-25-17(24)21-6-5-13-12(9-21)7-19-8-14(13)16(23)22-11(3)15(18)10(2)20-22/h7-8H,4-6,9,18H2,1-3H3. The number of aryl methyl sites for hydroxylation is 1. The van der Waals surface area contributed by atoms with Crippen LogP contribution in [0.15, 0.2) is 12.4 Å². The number of amides is 1. The minimum absolute atomic E-state index is 0.258. The van der Waals surface area contributed by atoms with Crippen molar-refractivity contribution < 1.29 is 14.3 Å². The van der Waals surface area contributed by atoms with E-state index in [1.54, 1.807) is 38.1 Å². The molecule has 8 nitrogen and oxygen atoms in total. The Balaban J connectivity index is 1.93. The molecule has 0 atom stereocenters. The number of carbonyl (C=O) groups excluding carboxylic acids is 2. The minimum atomic E-state index is -0.351. The lowest BCUT2D eigenvalue weighted by atomic mass is 9.97. The second-order valence-corrected chi connectivity index (χ2v) is 6.00. The summed E-state index contributed by atoms with van der Waals surface area (Å²) in [6, 6.07) is 0. The molecule has 2 aromatic rings. The Morgan fingerprint density at radius 3 is 2.72 bits per heavy atom. The Labute approximate surface area is 145 Å². The van der Waals surface area contributed by atoms with E-state index in [4.69, 9.17) is 10.5 Å². The number of nitrogens with two attached hydrogens (primary N) is 1. The Morgan fingerprint density at radius 2 is 2.08 bits per heavy atom. The maximum Gasteiger partial charge on any atom is 0.410 e. The van der Waals surface area contributed by atoms with Crippen molar-refractivity contribution in [3.05, 3.63) is 40.5 Å². The summed E-state index contributed by atoms with van der Waals surface area (Å²) in [6.45, 7) is 6.50. The average molecular weight is 343 g/mol. The van der Waals surface area contributed by atoms with Crippen molar-refractivity contribution in [1.29, 1.82) is 0 Å². The molecule has 1 aliphatic heterocycles. The summed E-state index contributed by atoms with van der Waals surface area (Å²) in [6.07, 6.45) is 3.45. The highest BCUT2D eigenvalue weighted by molar-refractivity contribution is 5.97. The second-order valence-electron chi connectivity index (χ2n) is 6.00. The van der Waals surface area contributed by atoms with Crippen LogP contribution in [0.25, 0.3) is 0 Å². The van der Waals surface area contributed by atoms with E-state index < -0.39 is 0 Å². The number of hydrogen-bond donors (Lipinski definition) is 1. The van der Waals surface area contributed by atoms with Crippen molar-refractivity contribution >= 4 is 17.7 Å². The first-order chi connectivity index (χ1) is 11.9. The van der Waals surface area contributed by atoms with Crippen LogP contribution in [0.2, 0.25) is 0 Å². The molecule has 0 bridgehead atoms. The van der Waals surface area contributed by atoms with Crippen LogP contribution in [-0.4, -0.2) is 44.8 Å². The molecule has 25 heavy (non-hydrogen) atoms. The lowest BCUT2D eigenvalue weighted by Gasteiger charge is -2.28. The summed E-state index contributed by atoms with van der Waals surface area (Å²) in [5, 5.41) is 4.23. The molecule has 0 aliphatic carbocycles. The summed E-state index contributed by atoms with van der Waals surface area (Å²) in [4.78, 5) is 30.6. The Hall–Kier alpha value is -2.90. The Bertz CT molecular complexity index is 843. The number of carbonyl (C=O) groups is 2. The normalized spacial score (nSPS) is 13.5. The Kier molecular flexibility index (Phi) is 4.43. The third kappa shape index (κ3) is 2.95. The van der Waals surface area contributed by atoms with Crippen LogP contribution in [0.3, 0.4) is 0 Å². The van der Waals surface area contributed by atoms with Crippen LogP contribution in [0.1, 0.15) is 39.8 Å². The summed E-state index contributed by atoms with van der Waals surface area (Å²) >= 11 is 0. The number of fused-ring (bicyclic) bond motifs is 1. The zero-order valence-corrected chi connectivity index (χ0v) is 14.6. The summed E-state index contributed by atoms with van der Waals surface area (Å²) in [7, 11) is 0. The largest absolute Gasteiger partial charge is 0.450 e. The molecule has 132 valence electrons. The maximum absolute atomic E-state index is 12.9. The summed E-state index contributed by atoms with van der Waals surface area (Å²) < 4.78 is 6.37. The highest BCUT2D eigenvalue weighted by Crippen LogP contribution is 2.24. The van der Waals surface area contributed by atoms with Crippen LogP contribution in [0.4, 0.5) is 10.5 Å². The third-order valence-corrected chi connectivity index (χ3v) is 4.44. The first-order valence-corrected chi connectivity index (χ1v) is 8.17. The predicted molar refractivity (Wildman–Crippen MR) is 91.2 cm³/mol. The average Bonchev–Trinajstić information content (AvgIpc) is 2.87. The smallest absolute Gasteiger partial charge is 0.410 e. The van der Waals surface area contributed by atoms with Gasteiger partial charge in [0.25, 0.3) is 5.91 Å². The number of nitrogens with zero attached hydrogens (tertiary/aromatic N) is 4. The van der Waals surface area contributed by atoms with E-state index in [0.717, 1.165) is 11.1 Å². The quantitative estimate of drug-likeness (QED) is 0.890. The monoisotopic (exact) mass is 343 g/mol. The van der Waals surface area contributed by atoms with E-state index in [-0.39, 0.29) is 12.0 Å². The molecule has 0 aromatic carbocycles. The van der Waals surface area contributed by atoms with Gasteiger partial charge in [-0.2, -0.15) is 9.78 Å². The van der Waals surface area contributed by atoms with Crippen molar-refractivity contribution in [2.24, 2.45) is 0 Å². The van der Waals surface area contributed by atoms with Gasteiger partial charge in [-0.05, 0) is 38.3 Å². The van der Waals surface area contributed by atoms with Gasteiger partial charge in [0.2, 0.25) is 0 Å². The molecule has 0 fully saturated rings. The zero-order chi connectivity index (χ0) is 18.1. The van der Waals surface area contributed by atoms with E-state index in [9.17, 15) is 9.59 Å². The topological polar surface area (TPSA) is 103 Å². The van der Waals surface area contributed by atoms with Gasteiger partial charge in [-0.25, -0.2) is 4.79 Å². The van der Waals surface area contributed by atoms with Crippen molar-refractivity contribution in [2.75, 3.05) is 18.9 Å². The number of aromatic nitrogens is 3. The third-order valence-electron chi connectivity index (χ3n) is 4.44. The molecule has 3 heterocycles. The van der Waals surface area contributed by atoms with Gasteiger partial charge >= 0.3 is 6.09 Å². The number of hydrogen-bond acceptors (Lipinski definition) is 6. The molecule has 1 amide bonds. The molecular formula is C17H21N5O3. The number of pyridine rings is 1. The SMILES string of the molecule is CCOC(=O)N1CCc2c(cncc2C(=O)n2nc(C)c(N)c2C)C1. The first kappa shape index (κ1) is 16.9. The molecule has 2 aromatic heterocycles. The molecule has 1 aliphatic rings. The van der Waals surface area contributed by atoms with Gasteiger partial charge in [0.15, 0.2) is 0 Å². The molecule has 2 N–H and O–H groups in total. The molecule has 0 radical (unpaired) electrons. The fourth-order valence-electron chi connectivity index (χ4n) is 3.01. The number of rotatable bonds is 2. The first-order valence-electron chi connectivity index (χ1n) is 8.17. The van der Waals surface area contributed by atoms with E-state index in [0.29, 0.717) is 48.8 Å². The van der Waals surface area contributed by atoms with Gasteiger partial charge in [-0.1, -0.05) is 0 Å². The Morgan fingerprint density at radius 1 is 1.32 bits per heavy atom. The minimum Gasteiger partial charge on any atom is -0.450 e. The predicted octanol–water partition coefficient (Wildman–Crippen LogP) is 1.68. The van der Waals surface area contributed by atoms with Gasteiger partial charge in [-0.15, -0.1) is 0 Å². The highest BCUT2D eigenvalue weighted by Gasteiger charge is 2.27. The van der Waals surface area contributed by atoms with Gasteiger partial charge < -0.3 is 15.4 Å². The van der Waals surface area contributed by atoms with Crippen LogP contribution in [0.5, 0.6) is 0 Å². The second kappa shape index (κ2) is 6.54. The van der Waals surface area contributed by atoms with E-state index >= 15 is 0 Å².